The van der Waals surface area contributed by atoms with E-state index in [-0.39, 0.29) is 11.1 Å². The molecule has 6 nitrogen and oxygen atoms in total. The van der Waals surface area contributed by atoms with Crippen LogP contribution in [-0.4, -0.2) is 28.3 Å². The quantitative estimate of drug-likeness (QED) is 0.872. The van der Waals surface area contributed by atoms with Crippen LogP contribution in [0.1, 0.15) is 10.4 Å². The van der Waals surface area contributed by atoms with Crippen LogP contribution in [0.2, 0.25) is 0 Å². The van der Waals surface area contributed by atoms with Crippen LogP contribution in [0.4, 0.5) is 5.69 Å². The van der Waals surface area contributed by atoms with Gasteiger partial charge in [0.15, 0.2) is 5.16 Å². The Morgan fingerprint density at radius 3 is 3.14 bits per heavy atom. The molecule has 1 aliphatic heterocycles. The minimum Gasteiger partial charge on any atom is -0.497 e. The van der Waals surface area contributed by atoms with Crippen molar-refractivity contribution in [1.29, 1.82) is 0 Å². The van der Waals surface area contributed by atoms with Crippen LogP contribution < -0.4 is 15.6 Å². The average molecular weight is 303 g/mol. The predicted molar refractivity (Wildman–Crippen MR) is 80.2 cm³/mol. The summed E-state index contributed by atoms with van der Waals surface area (Å²) in [5, 5.41) is 3.35. The minimum absolute atomic E-state index is 0.0454. The van der Waals surface area contributed by atoms with Crippen molar-refractivity contribution in [3.63, 3.8) is 0 Å². The fourth-order valence-corrected chi connectivity index (χ4v) is 2.99. The van der Waals surface area contributed by atoms with E-state index >= 15 is 0 Å². The summed E-state index contributed by atoms with van der Waals surface area (Å²) in [7, 11) is 1.55. The van der Waals surface area contributed by atoms with Crippen molar-refractivity contribution < 1.29 is 9.53 Å². The third kappa shape index (κ3) is 2.64. The molecular weight excluding hydrogens is 290 g/mol. The lowest BCUT2D eigenvalue weighted by molar-refractivity contribution is 0.102. The molecule has 0 atom stereocenters. The molecule has 1 N–H and O–H groups in total. The number of methoxy groups -OCH3 is 1. The summed E-state index contributed by atoms with van der Waals surface area (Å²) in [5.41, 5.74) is 0.313. The number of thioether (sulfide) groups is 1. The molecule has 1 amide bonds. The molecule has 0 radical (unpaired) electrons. The fraction of sp³-hybridized carbons (Fsp3) is 0.214. The molecule has 0 aliphatic carbocycles. The highest BCUT2D eigenvalue weighted by Gasteiger charge is 2.20. The summed E-state index contributed by atoms with van der Waals surface area (Å²) in [6.07, 6.45) is 1.34. The topological polar surface area (TPSA) is 73.2 Å². The summed E-state index contributed by atoms with van der Waals surface area (Å²) in [4.78, 5) is 28.6. The second-order valence-corrected chi connectivity index (χ2v) is 5.51. The van der Waals surface area contributed by atoms with Gasteiger partial charge in [0.2, 0.25) is 0 Å². The SMILES string of the molecule is COc1cccc(NC(=O)c2cnc3n(c2=O)CCS3)c1. The molecule has 1 aliphatic rings. The van der Waals surface area contributed by atoms with E-state index in [2.05, 4.69) is 10.3 Å². The summed E-state index contributed by atoms with van der Waals surface area (Å²) >= 11 is 1.51. The second kappa shape index (κ2) is 5.61. The largest absolute Gasteiger partial charge is 0.497 e. The Balaban J connectivity index is 1.87. The van der Waals surface area contributed by atoms with Crippen LogP contribution in [0.5, 0.6) is 5.75 Å². The number of nitrogens with zero attached hydrogens (tertiary/aromatic N) is 2. The molecule has 0 unspecified atom stereocenters. The maximum atomic E-state index is 12.2. The van der Waals surface area contributed by atoms with Gasteiger partial charge in [-0.05, 0) is 12.1 Å². The highest BCUT2D eigenvalue weighted by molar-refractivity contribution is 7.99. The minimum atomic E-state index is -0.465. The first-order chi connectivity index (χ1) is 10.2. The third-order valence-electron chi connectivity index (χ3n) is 3.13. The maximum Gasteiger partial charge on any atom is 0.267 e. The van der Waals surface area contributed by atoms with E-state index in [4.69, 9.17) is 4.74 Å². The normalized spacial score (nSPS) is 12.8. The average Bonchev–Trinajstić information content (AvgIpc) is 2.97. The Morgan fingerprint density at radius 1 is 1.48 bits per heavy atom. The van der Waals surface area contributed by atoms with E-state index in [0.717, 1.165) is 5.75 Å². The number of amides is 1. The van der Waals surface area contributed by atoms with Gasteiger partial charge in [0.25, 0.3) is 11.5 Å². The number of nitrogens with one attached hydrogen (secondary N) is 1. The number of fused-ring (bicyclic) bond motifs is 1. The Hall–Kier alpha value is -2.28. The molecule has 0 spiro atoms. The van der Waals surface area contributed by atoms with Gasteiger partial charge in [-0.2, -0.15) is 0 Å². The summed E-state index contributed by atoms with van der Waals surface area (Å²) in [6.45, 7) is 0.589. The molecule has 7 heteroatoms. The van der Waals surface area contributed by atoms with E-state index in [1.807, 2.05) is 0 Å². The van der Waals surface area contributed by atoms with E-state index in [9.17, 15) is 9.59 Å². The van der Waals surface area contributed by atoms with Gasteiger partial charge in [0, 0.05) is 30.2 Å². The van der Waals surface area contributed by atoms with Crippen LogP contribution in [0.3, 0.4) is 0 Å². The van der Waals surface area contributed by atoms with Gasteiger partial charge in [-0.15, -0.1) is 0 Å². The highest BCUT2D eigenvalue weighted by atomic mass is 32.2. The number of aromatic nitrogens is 2. The zero-order valence-corrected chi connectivity index (χ0v) is 12.1. The molecule has 0 saturated heterocycles. The molecule has 1 aromatic heterocycles. The highest BCUT2D eigenvalue weighted by Crippen LogP contribution is 2.21. The first-order valence-electron chi connectivity index (χ1n) is 6.37. The number of hydrogen-bond donors (Lipinski definition) is 1. The lowest BCUT2D eigenvalue weighted by Crippen LogP contribution is -2.29. The van der Waals surface area contributed by atoms with Crippen molar-refractivity contribution in [2.24, 2.45) is 0 Å². The van der Waals surface area contributed by atoms with E-state index in [0.29, 0.717) is 23.1 Å². The van der Waals surface area contributed by atoms with Gasteiger partial charge < -0.3 is 10.1 Å². The Bertz CT molecular complexity index is 757. The summed E-state index contributed by atoms with van der Waals surface area (Å²) in [6, 6.07) is 6.96. The Morgan fingerprint density at radius 2 is 2.33 bits per heavy atom. The Kier molecular flexibility index (Phi) is 3.66. The number of ether oxygens (including phenoxy) is 1. The van der Waals surface area contributed by atoms with E-state index < -0.39 is 5.91 Å². The van der Waals surface area contributed by atoms with Gasteiger partial charge in [0.05, 0.1) is 7.11 Å². The van der Waals surface area contributed by atoms with Gasteiger partial charge in [-0.25, -0.2) is 4.98 Å². The van der Waals surface area contributed by atoms with Crippen LogP contribution in [0, 0.1) is 0 Å². The van der Waals surface area contributed by atoms with Gasteiger partial charge in [-0.1, -0.05) is 17.8 Å². The molecule has 1 aromatic carbocycles. The van der Waals surface area contributed by atoms with Crippen molar-refractivity contribution in [2.45, 2.75) is 11.7 Å². The number of benzene rings is 1. The number of carbonyl (C=O) groups is 1. The van der Waals surface area contributed by atoms with Crippen molar-refractivity contribution >= 4 is 23.4 Å². The molecule has 0 bridgehead atoms. The molecule has 2 heterocycles. The van der Waals surface area contributed by atoms with Crippen LogP contribution in [0.15, 0.2) is 40.4 Å². The van der Waals surface area contributed by atoms with Crippen molar-refractivity contribution in [2.75, 3.05) is 18.2 Å². The monoisotopic (exact) mass is 303 g/mol. The zero-order valence-electron chi connectivity index (χ0n) is 11.3. The first kappa shape index (κ1) is 13.7. The maximum absolute atomic E-state index is 12.2. The molecular formula is C14H13N3O3S. The fourth-order valence-electron chi connectivity index (χ4n) is 2.07. The summed E-state index contributed by atoms with van der Waals surface area (Å²) < 4.78 is 6.63. The zero-order chi connectivity index (χ0) is 14.8. The van der Waals surface area contributed by atoms with Crippen molar-refractivity contribution in [3.05, 3.63) is 46.4 Å². The number of rotatable bonds is 3. The molecule has 3 rings (SSSR count). The summed E-state index contributed by atoms with van der Waals surface area (Å²) in [5.74, 6) is 0.976. The number of hydrogen-bond acceptors (Lipinski definition) is 5. The Labute approximate surface area is 125 Å². The van der Waals surface area contributed by atoms with Crippen LogP contribution in [-0.2, 0) is 6.54 Å². The second-order valence-electron chi connectivity index (χ2n) is 4.45. The lowest BCUT2D eigenvalue weighted by Gasteiger charge is -2.08. The van der Waals surface area contributed by atoms with Gasteiger partial charge in [0.1, 0.15) is 11.3 Å². The number of carbonyl (C=O) groups excluding carboxylic acids is 1. The lowest BCUT2D eigenvalue weighted by atomic mass is 10.2. The van der Waals surface area contributed by atoms with E-state index in [1.165, 1.54) is 22.5 Å². The third-order valence-corrected chi connectivity index (χ3v) is 4.10. The molecule has 21 heavy (non-hydrogen) atoms. The molecule has 108 valence electrons. The van der Waals surface area contributed by atoms with Crippen molar-refractivity contribution in [1.82, 2.24) is 9.55 Å². The standard InChI is InChI=1S/C14H13N3O3S/c1-20-10-4-2-3-9(7-10)16-12(18)11-8-15-14-17(13(11)19)5-6-21-14/h2-4,7-8H,5-6H2,1H3,(H,16,18). The van der Waals surface area contributed by atoms with Gasteiger partial charge in [-0.3, -0.25) is 14.2 Å². The smallest absolute Gasteiger partial charge is 0.267 e. The predicted octanol–water partition coefficient (Wildman–Crippen LogP) is 1.61. The van der Waals surface area contributed by atoms with Crippen molar-refractivity contribution in [3.8, 4) is 5.75 Å². The molecule has 0 saturated carbocycles. The molecule has 2 aromatic rings. The first-order valence-corrected chi connectivity index (χ1v) is 7.35. The van der Waals surface area contributed by atoms with Crippen LogP contribution in [0.25, 0.3) is 0 Å². The van der Waals surface area contributed by atoms with Gasteiger partial charge >= 0.3 is 0 Å². The van der Waals surface area contributed by atoms with Crippen LogP contribution >= 0.6 is 11.8 Å². The molecule has 0 fully saturated rings. The van der Waals surface area contributed by atoms with E-state index in [1.54, 1.807) is 31.4 Å². The number of anilines is 1.